The lowest BCUT2D eigenvalue weighted by molar-refractivity contribution is 0.168. The van der Waals surface area contributed by atoms with Crippen molar-refractivity contribution in [3.8, 4) is 12.3 Å². The molecular weight excluding hydrogens is 178 g/mol. The molecule has 0 aromatic rings. The van der Waals surface area contributed by atoms with Gasteiger partial charge in [0, 0.05) is 6.04 Å². The summed E-state index contributed by atoms with van der Waals surface area (Å²) in [5, 5.41) is 12.0. The van der Waals surface area contributed by atoms with Crippen LogP contribution in [0.5, 0.6) is 0 Å². The van der Waals surface area contributed by atoms with Gasteiger partial charge in [-0.2, -0.15) is 0 Å². The SMILES string of the molecule is C#CCNC1CS(=O)(=O)CC1O. The lowest BCUT2D eigenvalue weighted by Gasteiger charge is -2.11. The van der Waals surface area contributed by atoms with Gasteiger partial charge < -0.3 is 5.11 Å². The second-order valence-corrected chi connectivity index (χ2v) is 4.99. The molecule has 4 nitrogen and oxygen atoms in total. The van der Waals surface area contributed by atoms with E-state index >= 15 is 0 Å². The van der Waals surface area contributed by atoms with E-state index in [1.165, 1.54) is 0 Å². The minimum atomic E-state index is -3.06. The van der Waals surface area contributed by atoms with Crippen LogP contribution in [0.2, 0.25) is 0 Å². The summed E-state index contributed by atoms with van der Waals surface area (Å²) in [7, 11) is -3.06. The average Bonchev–Trinajstić information content (AvgIpc) is 2.20. The first-order valence-electron chi connectivity index (χ1n) is 3.60. The minimum absolute atomic E-state index is 0.0180. The Labute approximate surface area is 71.9 Å². The third-order valence-electron chi connectivity index (χ3n) is 1.79. The fraction of sp³-hybridized carbons (Fsp3) is 0.714. The standard InChI is InChI=1S/C7H11NO3S/c1-2-3-8-6-4-12(10,11)5-7(6)9/h1,6-9H,3-5H2. The fourth-order valence-corrected chi connectivity index (χ4v) is 2.99. The molecule has 1 fully saturated rings. The molecule has 12 heavy (non-hydrogen) atoms. The second kappa shape index (κ2) is 3.44. The van der Waals surface area contributed by atoms with Gasteiger partial charge in [0.05, 0.1) is 24.2 Å². The van der Waals surface area contributed by atoms with Crippen LogP contribution in [0.15, 0.2) is 0 Å². The quantitative estimate of drug-likeness (QED) is 0.512. The van der Waals surface area contributed by atoms with Crippen LogP contribution in [0, 0.1) is 12.3 Å². The number of aliphatic hydroxyl groups is 1. The molecule has 1 aliphatic heterocycles. The van der Waals surface area contributed by atoms with Crippen LogP contribution in [0.3, 0.4) is 0 Å². The molecule has 2 N–H and O–H groups in total. The predicted molar refractivity (Wildman–Crippen MR) is 45.3 cm³/mol. The molecule has 2 unspecified atom stereocenters. The van der Waals surface area contributed by atoms with E-state index in [2.05, 4.69) is 11.2 Å². The number of terminal acetylenes is 1. The first-order chi connectivity index (χ1) is 5.55. The summed E-state index contributed by atoms with van der Waals surface area (Å²) >= 11 is 0. The van der Waals surface area contributed by atoms with E-state index in [1.807, 2.05) is 0 Å². The summed E-state index contributed by atoms with van der Waals surface area (Å²) in [4.78, 5) is 0. The van der Waals surface area contributed by atoms with Crippen LogP contribution >= 0.6 is 0 Å². The van der Waals surface area contributed by atoms with Gasteiger partial charge in [0.15, 0.2) is 9.84 Å². The highest BCUT2D eigenvalue weighted by molar-refractivity contribution is 7.91. The summed E-state index contributed by atoms with van der Waals surface area (Å²) in [6.45, 7) is 0.289. The van der Waals surface area contributed by atoms with Gasteiger partial charge >= 0.3 is 0 Å². The third kappa shape index (κ3) is 2.21. The van der Waals surface area contributed by atoms with Gasteiger partial charge in [0.25, 0.3) is 0 Å². The van der Waals surface area contributed by atoms with Crippen molar-refractivity contribution in [1.82, 2.24) is 5.32 Å². The summed E-state index contributed by atoms with van der Waals surface area (Å²) in [5.41, 5.74) is 0. The van der Waals surface area contributed by atoms with Crippen molar-refractivity contribution < 1.29 is 13.5 Å². The van der Waals surface area contributed by atoms with E-state index in [9.17, 15) is 13.5 Å². The number of hydrogen-bond donors (Lipinski definition) is 2. The van der Waals surface area contributed by atoms with Gasteiger partial charge in [-0.25, -0.2) is 8.42 Å². The van der Waals surface area contributed by atoms with Gasteiger partial charge in [-0.1, -0.05) is 5.92 Å². The number of rotatable bonds is 2. The van der Waals surface area contributed by atoms with E-state index in [-0.39, 0.29) is 18.1 Å². The minimum Gasteiger partial charge on any atom is -0.390 e. The molecule has 1 heterocycles. The molecule has 0 aromatic heterocycles. The number of hydrogen-bond acceptors (Lipinski definition) is 4. The van der Waals surface area contributed by atoms with Crippen LogP contribution in [0.25, 0.3) is 0 Å². The molecule has 5 heteroatoms. The lowest BCUT2D eigenvalue weighted by Crippen LogP contribution is -2.38. The van der Waals surface area contributed by atoms with Crippen molar-refractivity contribution in [3.63, 3.8) is 0 Å². The largest absolute Gasteiger partial charge is 0.390 e. The van der Waals surface area contributed by atoms with Crippen molar-refractivity contribution in [2.24, 2.45) is 0 Å². The zero-order valence-electron chi connectivity index (χ0n) is 6.53. The molecule has 0 spiro atoms. The Bertz CT molecular complexity index is 290. The molecule has 0 bridgehead atoms. The lowest BCUT2D eigenvalue weighted by atomic mass is 10.2. The van der Waals surface area contributed by atoms with E-state index in [4.69, 9.17) is 6.42 Å². The van der Waals surface area contributed by atoms with E-state index in [0.717, 1.165) is 0 Å². The molecule has 0 aromatic carbocycles. The van der Waals surface area contributed by atoms with Crippen molar-refractivity contribution in [3.05, 3.63) is 0 Å². The monoisotopic (exact) mass is 189 g/mol. The van der Waals surface area contributed by atoms with Crippen LogP contribution in [-0.4, -0.2) is 43.7 Å². The third-order valence-corrected chi connectivity index (χ3v) is 3.51. The Morgan fingerprint density at radius 3 is 2.67 bits per heavy atom. The zero-order chi connectivity index (χ0) is 9.19. The van der Waals surface area contributed by atoms with Gasteiger partial charge in [-0.3, -0.25) is 5.32 Å². The highest BCUT2D eigenvalue weighted by atomic mass is 32.2. The number of sulfone groups is 1. The van der Waals surface area contributed by atoms with Gasteiger partial charge in [-0.05, 0) is 0 Å². The maximum Gasteiger partial charge on any atom is 0.154 e. The topological polar surface area (TPSA) is 66.4 Å². The van der Waals surface area contributed by atoms with Crippen molar-refractivity contribution in [2.45, 2.75) is 12.1 Å². The zero-order valence-corrected chi connectivity index (χ0v) is 7.34. The van der Waals surface area contributed by atoms with Crippen LogP contribution in [0.4, 0.5) is 0 Å². The van der Waals surface area contributed by atoms with Crippen molar-refractivity contribution in [1.29, 1.82) is 0 Å². The highest BCUT2D eigenvalue weighted by Crippen LogP contribution is 2.11. The summed E-state index contributed by atoms with van der Waals surface area (Å²) in [5.74, 6) is 2.15. The van der Waals surface area contributed by atoms with E-state index in [0.29, 0.717) is 0 Å². The Morgan fingerprint density at radius 1 is 1.58 bits per heavy atom. The normalized spacial score (nSPS) is 33.0. The molecule has 0 radical (unpaired) electrons. The van der Waals surface area contributed by atoms with Crippen LogP contribution in [-0.2, 0) is 9.84 Å². The molecule has 0 aliphatic carbocycles. The van der Waals surface area contributed by atoms with E-state index in [1.54, 1.807) is 0 Å². The molecule has 1 aliphatic rings. The summed E-state index contributed by atoms with van der Waals surface area (Å²) in [6, 6.07) is -0.397. The average molecular weight is 189 g/mol. The van der Waals surface area contributed by atoms with Gasteiger partial charge in [-0.15, -0.1) is 6.42 Å². The van der Waals surface area contributed by atoms with E-state index < -0.39 is 22.0 Å². The molecule has 1 rings (SSSR count). The maximum absolute atomic E-state index is 11.0. The van der Waals surface area contributed by atoms with Crippen LogP contribution in [0.1, 0.15) is 0 Å². The molecule has 0 amide bonds. The Hall–Kier alpha value is -0.570. The van der Waals surface area contributed by atoms with Gasteiger partial charge in [0.2, 0.25) is 0 Å². The number of nitrogens with one attached hydrogen (secondary N) is 1. The summed E-state index contributed by atoms with van der Waals surface area (Å²) < 4.78 is 21.9. The Morgan fingerprint density at radius 2 is 2.25 bits per heavy atom. The second-order valence-electron chi connectivity index (χ2n) is 2.84. The Balaban J connectivity index is 2.54. The predicted octanol–water partition coefficient (Wildman–Crippen LogP) is -1.63. The highest BCUT2D eigenvalue weighted by Gasteiger charge is 2.35. The first-order valence-corrected chi connectivity index (χ1v) is 5.42. The molecule has 0 saturated carbocycles. The summed E-state index contributed by atoms with van der Waals surface area (Å²) in [6.07, 6.45) is 4.16. The molecule has 2 atom stereocenters. The first kappa shape index (κ1) is 9.52. The molecular formula is C7H11NO3S. The van der Waals surface area contributed by atoms with Crippen LogP contribution < -0.4 is 5.32 Å². The Kier molecular flexibility index (Phi) is 2.73. The smallest absolute Gasteiger partial charge is 0.154 e. The van der Waals surface area contributed by atoms with Gasteiger partial charge in [0.1, 0.15) is 0 Å². The fourth-order valence-electron chi connectivity index (χ4n) is 1.21. The van der Waals surface area contributed by atoms with Crippen molar-refractivity contribution >= 4 is 9.84 Å². The van der Waals surface area contributed by atoms with Crippen molar-refractivity contribution in [2.75, 3.05) is 18.1 Å². The molecule has 68 valence electrons. The maximum atomic E-state index is 11.0. The molecule has 1 saturated heterocycles. The number of aliphatic hydroxyl groups excluding tert-OH is 1.